The lowest BCUT2D eigenvalue weighted by molar-refractivity contribution is -0.124. The van der Waals surface area contributed by atoms with Gasteiger partial charge in [0.15, 0.2) is 0 Å². The second-order valence-electron chi connectivity index (χ2n) is 10.9. The number of hydrogen-bond acceptors (Lipinski definition) is 6. The van der Waals surface area contributed by atoms with Crippen molar-refractivity contribution in [2.45, 2.75) is 78.7 Å². The van der Waals surface area contributed by atoms with Crippen molar-refractivity contribution in [3.05, 3.63) is 71.8 Å². The summed E-state index contributed by atoms with van der Waals surface area (Å²) in [5.74, 6) is -0.701. The molecule has 2 aromatic rings. The summed E-state index contributed by atoms with van der Waals surface area (Å²) in [5.41, 5.74) is 1.74. The summed E-state index contributed by atoms with van der Waals surface area (Å²) in [6.45, 7) is 8.70. The molecule has 2 rings (SSSR count). The number of ether oxygens (including phenoxy) is 2. The van der Waals surface area contributed by atoms with E-state index in [9.17, 15) is 19.2 Å². The maximum Gasteiger partial charge on any atom is 0.408 e. The first-order chi connectivity index (χ1) is 20.2. The smallest absolute Gasteiger partial charge is 0.408 e. The Balaban J connectivity index is 1.59. The minimum absolute atomic E-state index is 0.104. The van der Waals surface area contributed by atoms with Crippen molar-refractivity contribution in [2.75, 3.05) is 13.1 Å². The highest BCUT2D eigenvalue weighted by Crippen LogP contribution is 2.07. The van der Waals surface area contributed by atoms with Crippen LogP contribution in [0, 0.1) is 11.8 Å². The van der Waals surface area contributed by atoms with Crippen molar-refractivity contribution in [2.24, 2.45) is 11.8 Å². The molecule has 0 unspecified atom stereocenters. The van der Waals surface area contributed by atoms with Crippen LogP contribution in [0.3, 0.4) is 0 Å². The van der Waals surface area contributed by atoms with E-state index in [-0.39, 0.29) is 36.9 Å². The van der Waals surface area contributed by atoms with Gasteiger partial charge in [0.1, 0.15) is 25.3 Å². The quantitative estimate of drug-likeness (QED) is 0.200. The molecule has 0 spiro atoms. The van der Waals surface area contributed by atoms with Gasteiger partial charge in [-0.15, -0.1) is 0 Å². The first-order valence-corrected chi connectivity index (χ1v) is 14.7. The van der Waals surface area contributed by atoms with Crippen LogP contribution in [0.25, 0.3) is 0 Å². The zero-order valence-corrected chi connectivity index (χ0v) is 25.2. The SMILES string of the molecule is CC(C)[C@@H](NC(=O)OCc1ccccc1)C(=O)NCCCCCCNC(=O)[C@H](NC(=O)OCc1ccccc1)C(C)C. The number of hydrogen-bond donors (Lipinski definition) is 4. The van der Waals surface area contributed by atoms with E-state index < -0.39 is 24.3 Å². The third-order valence-electron chi connectivity index (χ3n) is 6.57. The lowest BCUT2D eigenvalue weighted by atomic mass is 10.0. The van der Waals surface area contributed by atoms with Gasteiger partial charge in [0.2, 0.25) is 11.8 Å². The van der Waals surface area contributed by atoms with Gasteiger partial charge in [-0.05, 0) is 35.8 Å². The summed E-state index contributed by atoms with van der Waals surface area (Å²) in [6, 6.07) is 17.3. The number of alkyl carbamates (subject to hydrolysis) is 2. The van der Waals surface area contributed by atoms with Crippen molar-refractivity contribution in [1.29, 1.82) is 0 Å². The molecule has 4 N–H and O–H groups in total. The highest BCUT2D eigenvalue weighted by atomic mass is 16.6. The van der Waals surface area contributed by atoms with Crippen molar-refractivity contribution in [3.63, 3.8) is 0 Å². The monoisotopic (exact) mass is 582 g/mol. The van der Waals surface area contributed by atoms with E-state index in [0.717, 1.165) is 36.8 Å². The van der Waals surface area contributed by atoms with E-state index in [1.54, 1.807) is 0 Å². The summed E-state index contributed by atoms with van der Waals surface area (Å²) in [6.07, 6.45) is 2.01. The zero-order chi connectivity index (χ0) is 30.7. The highest BCUT2D eigenvalue weighted by Gasteiger charge is 2.25. The van der Waals surface area contributed by atoms with Crippen molar-refractivity contribution >= 4 is 24.0 Å². The maximum absolute atomic E-state index is 12.6. The average molecular weight is 583 g/mol. The van der Waals surface area contributed by atoms with Gasteiger partial charge < -0.3 is 30.7 Å². The van der Waals surface area contributed by atoms with Gasteiger partial charge in [-0.2, -0.15) is 0 Å². The van der Waals surface area contributed by atoms with E-state index in [1.165, 1.54) is 0 Å². The van der Waals surface area contributed by atoms with E-state index in [1.807, 2.05) is 88.4 Å². The number of rotatable bonds is 17. The van der Waals surface area contributed by atoms with Crippen LogP contribution in [0.15, 0.2) is 60.7 Å². The molecular formula is C32H46N4O6. The second kappa shape index (κ2) is 19.1. The molecule has 10 heteroatoms. The highest BCUT2D eigenvalue weighted by molar-refractivity contribution is 5.86. The van der Waals surface area contributed by atoms with Gasteiger partial charge in [0, 0.05) is 13.1 Å². The van der Waals surface area contributed by atoms with Crippen LogP contribution in [-0.2, 0) is 32.3 Å². The third kappa shape index (κ3) is 13.5. The van der Waals surface area contributed by atoms with Gasteiger partial charge in [0.25, 0.3) is 0 Å². The molecule has 0 aliphatic heterocycles. The number of nitrogens with one attached hydrogen (secondary N) is 4. The standard InChI is InChI=1S/C32H46N4O6/c1-23(2)27(35-31(39)41-21-25-15-9-7-10-16-25)29(37)33-19-13-5-6-14-20-34-30(38)28(24(3)4)36-32(40)42-22-26-17-11-8-12-18-26/h7-12,15-18,23-24,27-28H,5-6,13-14,19-22H2,1-4H3,(H,33,37)(H,34,38)(H,35,39)(H,36,40)/t27-,28-/m1/s1. The molecule has 0 heterocycles. The number of amides is 4. The summed E-state index contributed by atoms with van der Waals surface area (Å²) in [5, 5.41) is 11.1. The summed E-state index contributed by atoms with van der Waals surface area (Å²) < 4.78 is 10.5. The maximum atomic E-state index is 12.6. The molecular weight excluding hydrogens is 536 g/mol. The van der Waals surface area contributed by atoms with Gasteiger partial charge in [-0.1, -0.05) is 101 Å². The van der Waals surface area contributed by atoms with Gasteiger partial charge >= 0.3 is 12.2 Å². The first kappa shape index (κ1) is 34.1. The van der Waals surface area contributed by atoms with Crippen LogP contribution in [0.5, 0.6) is 0 Å². The molecule has 4 amide bonds. The van der Waals surface area contributed by atoms with Crippen molar-refractivity contribution in [3.8, 4) is 0 Å². The number of benzene rings is 2. The van der Waals surface area contributed by atoms with Crippen molar-refractivity contribution in [1.82, 2.24) is 21.3 Å². The van der Waals surface area contributed by atoms with E-state index in [4.69, 9.17) is 9.47 Å². The Morgan fingerprint density at radius 3 is 1.26 bits per heavy atom. The zero-order valence-electron chi connectivity index (χ0n) is 25.2. The summed E-state index contributed by atoms with van der Waals surface area (Å²) in [4.78, 5) is 49.7. The lowest BCUT2D eigenvalue weighted by Gasteiger charge is -2.21. The summed E-state index contributed by atoms with van der Waals surface area (Å²) >= 11 is 0. The molecule has 0 aliphatic carbocycles. The first-order valence-electron chi connectivity index (χ1n) is 14.7. The fraction of sp³-hybridized carbons (Fsp3) is 0.500. The summed E-state index contributed by atoms with van der Waals surface area (Å²) in [7, 11) is 0. The van der Waals surface area contributed by atoms with Gasteiger partial charge in [-0.3, -0.25) is 9.59 Å². The molecule has 0 bridgehead atoms. The Bertz CT molecular complexity index is 1010. The largest absolute Gasteiger partial charge is 0.445 e. The molecule has 42 heavy (non-hydrogen) atoms. The topological polar surface area (TPSA) is 135 Å². The molecule has 10 nitrogen and oxygen atoms in total. The number of unbranched alkanes of at least 4 members (excludes halogenated alkanes) is 3. The Kier molecular flexibility index (Phi) is 15.5. The van der Waals surface area contributed by atoms with Gasteiger partial charge in [0.05, 0.1) is 0 Å². The molecule has 0 saturated heterocycles. The molecule has 0 fully saturated rings. The lowest BCUT2D eigenvalue weighted by Crippen LogP contribution is -2.50. The van der Waals surface area contributed by atoms with Crippen LogP contribution in [0.2, 0.25) is 0 Å². The average Bonchev–Trinajstić information content (AvgIpc) is 2.98. The van der Waals surface area contributed by atoms with Crippen LogP contribution in [0.4, 0.5) is 9.59 Å². The Hall–Kier alpha value is -4.08. The second-order valence-corrected chi connectivity index (χ2v) is 10.9. The third-order valence-corrected chi connectivity index (χ3v) is 6.57. The number of carbonyl (C=O) groups excluding carboxylic acids is 4. The van der Waals surface area contributed by atoms with E-state index in [2.05, 4.69) is 21.3 Å². The molecule has 0 aromatic heterocycles. The van der Waals surface area contributed by atoms with Crippen LogP contribution < -0.4 is 21.3 Å². The van der Waals surface area contributed by atoms with Crippen LogP contribution >= 0.6 is 0 Å². The molecule has 2 aromatic carbocycles. The molecule has 0 aliphatic rings. The molecule has 0 saturated carbocycles. The number of carbonyl (C=O) groups is 4. The normalized spacial score (nSPS) is 12.2. The van der Waals surface area contributed by atoms with Crippen LogP contribution in [-0.4, -0.2) is 49.2 Å². The predicted molar refractivity (Wildman–Crippen MR) is 161 cm³/mol. The minimum atomic E-state index is -0.693. The fourth-order valence-electron chi connectivity index (χ4n) is 4.10. The molecule has 230 valence electrons. The molecule has 2 atom stereocenters. The Labute approximate surface area is 249 Å². The Morgan fingerprint density at radius 1 is 0.571 bits per heavy atom. The Morgan fingerprint density at radius 2 is 0.929 bits per heavy atom. The fourth-order valence-corrected chi connectivity index (χ4v) is 4.10. The van der Waals surface area contributed by atoms with Crippen LogP contribution in [0.1, 0.15) is 64.5 Å². The van der Waals surface area contributed by atoms with Crippen molar-refractivity contribution < 1.29 is 28.7 Å². The van der Waals surface area contributed by atoms with E-state index in [0.29, 0.717) is 13.1 Å². The van der Waals surface area contributed by atoms with E-state index >= 15 is 0 Å². The predicted octanol–water partition coefficient (Wildman–Crippen LogP) is 4.68. The minimum Gasteiger partial charge on any atom is -0.445 e. The molecule has 0 radical (unpaired) electrons. The van der Waals surface area contributed by atoms with Gasteiger partial charge in [-0.25, -0.2) is 9.59 Å².